The fourth-order valence-electron chi connectivity index (χ4n) is 2.48. The number of hydrogen-bond acceptors (Lipinski definition) is 3. The topological polar surface area (TPSA) is 50.4 Å². The van der Waals surface area contributed by atoms with Gasteiger partial charge in [-0.25, -0.2) is 0 Å². The van der Waals surface area contributed by atoms with Gasteiger partial charge in [0.1, 0.15) is 5.75 Å². The van der Waals surface area contributed by atoms with Gasteiger partial charge < -0.3 is 15.4 Å². The first-order valence-electron chi connectivity index (χ1n) is 7.07. The molecule has 1 aromatic carbocycles. The van der Waals surface area contributed by atoms with Crippen LogP contribution in [0, 0.1) is 0 Å². The normalized spacial score (nSPS) is 21.1. The average molecular weight is 335 g/mol. The summed E-state index contributed by atoms with van der Waals surface area (Å²) in [6.45, 7) is -0.0313. The molecule has 0 spiro atoms. The Hall–Kier alpha value is -1.40. The molecule has 1 aliphatic rings. The highest BCUT2D eigenvalue weighted by atomic mass is 35.5. The van der Waals surface area contributed by atoms with Gasteiger partial charge in [0.25, 0.3) is 0 Å². The van der Waals surface area contributed by atoms with Crippen LogP contribution in [0.15, 0.2) is 24.3 Å². The lowest BCUT2D eigenvalue weighted by Crippen LogP contribution is -2.56. The predicted molar refractivity (Wildman–Crippen MR) is 82.4 cm³/mol. The maximum absolute atomic E-state index is 12.3. The summed E-state index contributed by atoms with van der Waals surface area (Å²) in [5, 5.41) is 6.01. The number of ether oxygens (including phenoxy) is 1. The van der Waals surface area contributed by atoms with Crippen molar-refractivity contribution in [3.05, 3.63) is 29.8 Å². The summed E-state index contributed by atoms with van der Waals surface area (Å²) in [5.74, 6) is -0.0244. The second-order valence-electron chi connectivity index (χ2n) is 5.38. The number of amides is 1. The molecule has 7 heteroatoms. The number of alkyl halides is 2. The van der Waals surface area contributed by atoms with Crippen LogP contribution >= 0.6 is 12.4 Å². The maximum atomic E-state index is 12.3. The van der Waals surface area contributed by atoms with Crippen molar-refractivity contribution in [1.29, 1.82) is 0 Å². The van der Waals surface area contributed by atoms with Gasteiger partial charge in [0.15, 0.2) is 0 Å². The summed E-state index contributed by atoms with van der Waals surface area (Å²) in [5.41, 5.74) is -0.0536. The molecule has 2 N–H and O–H groups in total. The summed E-state index contributed by atoms with van der Waals surface area (Å²) in [6, 6.07) is 6.47. The number of rotatable bonds is 5. The van der Waals surface area contributed by atoms with Crippen LogP contribution in [0.1, 0.15) is 31.7 Å². The Morgan fingerprint density at radius 1 is 1.41 bits per heavy atom. The van der Waals surface area contributed by atoms with Gasteiger partial charge in [0.2, 0.25) is 5.91 Å². The summed E-state index contributed by atoms with van der Waals surface area (Å²) >= 11 is 0. The predicted octanol–water partition coefficient (Wildman–Crippen LogP) is 2.86. The minimum Gasteiger partial charge on any atom is -0.434 e. The van der Waals surface area contributed by atoms with E-state index in [-0.39, 0.29) is 30.6 Å². The van der Waals surface area contributed by atoms with Crippen molar-refractivity contribution in [2.75, 3.05) is 6.54 Å². The van der Waals surface area contributed by atoms with E-state index in [9.17, 15) is 13.6 Å². The molecule has 22 heavy (non-hydrogen) atoms. The largest absolute Gasteiger partial charge is 0.434 e. The highest BCUT2D eigenvalue weighted by molar-refractivity contribution is 5.86. The number of piperidine rings is 1. The molecule has 0 saturated carbocycles. The first-order valence-corrected chi connectivity index (χ1v) is 7.07. The third-order valence-corrected chi connectivity index (χ3v) is 3.75. The van der Waals surface area contributed by atoms with Gasteiger partial charge in [-0.1, -0.05) is 18.2 Å². The van der Waals surface area contributed by atoms with Crippen molar-refractivity contribution in [2.24, 2.45) is 0 Å². The number of carbonyl (C=O) groups excluding carboxylic acids is 1. The van der Waals surface area contributed by atoms with Crippen molar-refractivity contribution in [1.82, 2.24) is 10.6 Å². The number of benzene rings is 1. The summed E-state index contributed by atoms with van der Waals surface area (Å²) in [7, 11) is 0. The van der Waals surface area contributed by atoms with E-state index >= 15 is 0 Å². The molecular formula is C15H21ClF2N2O2. The lowest BCUT2D eigenvalue weighted by molar-refractivity contribution is -0.128. The van der Waals surface area contributed by atoms with E-state index in [2.05, 4.69) is 15.4 Å². The average Bonchev–Trinajstić information content (AvgIpc) is 2.46. The molecule has 1 amide bonds. The fourth-order valence-corrected chi connectivity index (χ4v) is 2.48. The number of carbonyl (C=O) groups is 1. The van der Waals surface area contributed by atoms with E-state index in [1.807, 2.05) is 6.92 Å². The van der Waals surface area contributed by atoms with Gasteiger partial charge >= 0.3 is 6.61 Å². The third-order valence-electron chi connectivity index (χ3n) is 3.75. The number of halogens is 3. The fraction of sp³-hybridized carbons (Fsp3) is 0.533. The molecule has 1 aromatic rings. The van der Waals surface area contributed by atoms with E-state index in [0.29, 0.717) is 5.56 Å². The standard InChI is InChI=1S/C15H20F2N2O2.ClH/c1-15(8-4-5-9-19-15)13(20)18-10-11-6-2-3-7-12(11)21-14(16)17;/h2-3,6-7,14,19H,4-5,8-10H2,1H3,(H,18,20);1H. The van der Waals surface area contributed by atoms with Crippen molar-refractivity contribution in [2.45, 2.75) is 44.9 Å². The zero-order chi connectivity index (χ0) is 15.3. The molecule has 1 unspecified atom stereocenters. The highest BCUT2D eigenvalue weighted by Crippen LogP contribution is 2.22. The Bertz CT molecular complexity index is 494. The Balaban J connectivity index is 0.00000242. The van der Waals surface area contributed by atoms with Crippen LogP contribution < -0.4 is 15.4 Å². The van der Waals surface area contributed by atoms with Crippen LogP contribution in [0.3, 0.4) is 0 Å². The van der Waals surface area contributed by atoms with Crippen LogP contribution in [0.25, 0.3) is 0 Å². The van der Waals surface area contributed by atoms with Gasteiger partial charge in [-0.3, -0.25) is 4.79 Å². The Morgan fingerprint density at radius 2 is 2.14 bits per heavy atom. The molecule has 0 aliphatic carbocycles. The molecule has 0 radical (unpaired) electrons. The first-order chi connectivity index (χ1) is 10.0. The third kappa shape index (κ3) is 4.81. The zero-order valence-electron chi connectivity index (χ0n) is 12.4. The first kappa shape index (κ1) is 18.6. The Morgan fingerprint density at radius 3 is 2.77 bits per heavy atom. The molecule has 1 heterocycles. The SMILES string of the molecule is CC1(C(=O)NCc2ccccc2OC(F)F)CCCCN1.Cl. The van der Waals surface area contributed by atoms with Crippen LogP contribution in [0.5, 0.6) is 5.75 Å². The minimum atomic E-state index is -2.88. The minimum absolute atomic E-state index is 0. The molecule has 1 saturated heterocycles. The quantitative estimate of drug-likeness (QED) is 0.870. The summed E-state index contributed by atoms with van der Waals surface area (Å²) < 4.78 is 29.1. The van der Waals surface area contributed by atoms with Gasteiger partial charge in [-0.15, -0.1) is 12.4 Å². The molecule has 4 nitrogen and oxygen atoms in total. The lowest BCUT2D eigenvalue weighted by atomic mass is 9.90. The summed E-state index contributed by atoms with van der Waals surface area (Å²) in [6.07, 6.45) is 2.84. The van der Waals surface area contributed by atoms with Crippen molar-refractivity contribution in [3.8, 4) is 5.75 Å². The second kappa shape index (κ2) is 8.29. The molecule has 1 aliphatic heterocycles. The van der Waals surface area contributed by atoms with Crippen LogP contribution in [-0.2, 0) is 11.3 Å². The maximum Gasteiger partial charge on any atom is 0.387 e. The number of hydrogen-bond donors (Lipinski definition) is 2. The Labute approximate surface area is 135 Å². The molecule has 2 rings (SSSR count). The van der Waals surface area contributed by atoms with Gasteiger partial charge in [0.05, 0.1) is 5.54 Å². The molecule has 0 aromatic heterocycles. The van der Waals surface area contributed by atoms with E-state index < -0.39 is 12.2 Å². The number of nitrogens with one attached hydrogen (secondary N) is 2. The molecular weight excluding hydrogens is 314 g/mol. The molecule has 1 atom stereocenters. The van der Waals surface area contributed by atoms with E-state index in [0.717, 1.165) is 25.8 Å². The monoisotopic (exact) mass is 334 g/mol. The molecule has 0 bridgehead atoms. The molecule has 124 valence electrons. The lowest BCUT2D eigenvalue weighted by Gasteiger charge is -2.33. The highest BCUT2D eigenvalue weighted by Gasteiger charge is 2.33. The van der Waals surface area contributed by atoms with Crippen LogP contribution in [0.4, 0.5) is 8.78 Å². The van der Waals surface area contributed by atoms with E-state index in [1.165, 1.54) is 6.07 Å². The van der Waals surface area contributed by atoms with Gasteiger partial charge in [0, 0.05) is 12.1 Å². The van der Waals surface area contributed by atoms with E-state index in [4.69, 9.17) is 0 Å². The van der Waals surface area contributed by atoms with Crippen molar-refractivity contribution < 1.29 is 18.3 Å². The molecule has 1 fully saturated rings. The van der Waals surface area contributed by atoms with E-state index in [1.54, 1.807) is 18.2 Å². The smallest absolute Gasteiger partial charge is 0.387 e. The van der Waals surface area contributed by atoms with Crippen molar-refractivity contribution >= 4 is 18.3 Å². The van der Waals surface area contributed by atoms with Gasteiger partial charge in [-0.05, 0) is 38.8 Å². The second-order valence-corrected chi connectivity index (χ2v) is 5.38. The van der Waals surface area contributed by atoms with Crippen LogP contribution in [0.2, 0.25) is 0 Å². The summed E-state index contributed by atoms with van der Waals surface area (Å²) in [4.78, 5) is 12.3. The van der Waals surface area contributed by atoms with Crippen LogP contribution in [-0.4, -0.2) is 24.6 Å². The van der Waals surface area contributed by atoms with Gasteiger partial charge in [-0.2, -0.15) is 8.78 Å². The number of para-hydroxylation sites is 1. The Kier molecular flexibility index (Phi) is 7.03. The zero-order valence-corrected chi connectivity index (χ0v) is 13.2. The van der Waals surface area contributed by atoms with Crippen molar-refractivity contribution in [3.63, 3.8) is 0 Å².